The van der Waals surface area contributed by atoms with Crippen LogP contribution in [0, 0.1) is 0 Å². The highest BCUT2D eigenvalue weighted by Crippen LogP contribution is 2.36. The molecule has 1 aromatic heterocycles. The molecule has 2 fully saturated rings. The molecule has 3 aromatic rings. The second-order valence-corrected chi connectivity index (χ2v) is 11.9. The van der Waals surface area contributed by atoms with Gasteiger partial charge in [-0.2, -0.15) is 0 Å². The van der Waals surface area contributed by atoms with Crippen LogP contribution in [0.2, 0.25) is 5.02 Å². The predicted octanol–water partition coefficient (Wildman–Crippen LogP) is 4.73. The first-order valence-corrected chi connectivity index (χ1v) is 15.6. The van der Waals surface area contributed by atoms with Crippen molar-refractivity contribution in [2.24, 2.45) is 0 Å². The van der Waals surface area contributed by atoms with Crippen molar-refractivity contribution in [3.05, 3.63) is 58.7 Å². The molecule has 1 atom stereocenters. The van der Waals surface area contributed by atoms with Gasteiger partial charge in [0.2, 0.25) is 0 Å². The van der Waals surface area contributed by atoms with Crippen molar-refractivity contribution in [3.63, 3.8) is 0 Å². The van der Waals surface area contributed by atoms with Gasteiger partial charge in [0, 0.05) is 118 Å². The average molecular weight is 549 g/mol. The van der Waals surface area contributed by atoms with E-state index in [-0.39, 0.29) is 0 Å². The molecule has 3 aliphatic rings. The van der Waals surface area contributed by atoms with Crippen LogP contribution in [0.4, 0.5) is 11.4 Å². The van der Waals surface area contributed by atoms with Crippen molar-refractivity contribution in [2.75, 3.05) is 81.8 Å². The van der Waals surface area contributed by atoms with Gasteiger partial charge in [-0.1, -0.05) is 11.6 Å². The van der Waals surface area contributed by atoms with Crippen LogP contribution < -0.4 is 15.1 Å². The molecular formula is C32H45ClN6. The van der Waals surface area contributed by atoms with Gasteiger partial charge < -0.3 is 19.7 Å². The molecule has 7 heteroatoms. The molecule has 0 bridgehead atoms. The van der Waals surface area contributed by atoms with Crippen LogP contribution in [0.15, 0.2) is 42.5 Å². The highest BCUT2D eigenvalue weighted by Gasteiger charge is 2.31. The van der Waals surface area contributed by atoms with Crippen molar-refractivity contribution < 1.29 is 0 Å². The Morgan fingerprint density at radius 3 is 2.36 bits per heavy atom. The number of nitrogens with zero attached hydrogens (tertiary/aromatic N) is 5. The smallest absolute Gasteiger partial charge is 0.0487 e. The van der Waals surface area contributed by atoms with Crippen LogP contribution in [-0.2, 0) is 19.4 Å². The Bertz CT molecular complexity index is 1240. The Hall–Kier alpha value is -2.25. The Kier molecular flexibility index (Phi) is 8.35. The monoisotopic (exact) mass is 548 g/mol. The van der Waals surface area contributed by atoms with Gasteiger partial charge in [0.25, 0.3) is 0 Å². The molecule has 39 heavy (non-hydrogen) atoms. The number of hydrogen-bond donors (Lipinski definition) is 1. The average Bonchev–Trinajstić information content (AvgIpc) is 3.30. The van der Waals surface area contributed by atoms with E-state index >= 15 is 0 Å². The fourth-order valence-electron chi connectivity index (χ4n) is 7.15. The van der Waals surface area contributed by atoms with Crippen molar-refractivity contribution in [1.82, 2.24) is 19.7 Å². The van der Waals surface area contributed by atoms with Crippen molar-refractivity contribution >= 4 is 33.9 Å². The Labute approximate surface area is 239 Å². The lowest BCUT2D eigenvalue weighted by molar-refractivity contribution is 0.169. The minimum absolute atomic E-state index is 0.634. The minimum atomic E-state index is 0.634. The van der Waals surface area contributed by atoms with Crippen molar-refractivity contribution in [3.8, 4) is 0 Å². The van der Waals surface area contributed by atoms with Crippen LogP contribution in [0.25, 0.3) is 10.9 Å². The molecule has 2 aliphatic heterocycles. The topological polar surface area (TPSA) is 29.9 Å². The van der Waals surface area contributed by atoms with Gasteiger partial charge in [0.15, 0.2) is 0 Å². The first-order chi connectivity index (χ1) is 19.1. The number of halogens is 1. The van der Waals surface area contributed by atoms with Crippen LogP contribution in [-0.4, -0.2) is 92.4 Å². The van der Waals surface area contributed by atoms with Gasteiger partial charge in [0.1, 0.15) is 0 Å². The van der Waals surface area contributed by atoms with E-state index in [1.165, 1.54) is 41.5 Å². The Morgan fingerprint density at radius 1 is 0.897 bits per heavy atom. The van der Waals surface area contributed by atoms with Gasteiger partial charge in [0.05, 0.1) is 0 Å². The lowest BCUT2D eigenvalue weighted by atomic mass is 9.90. The summed E-state index contributed by atoms with van der Waals surface area (Å²) in [5.41, 5.74) is 7.33. The summed E-state index contributed by atoms with van der Waals surface area (Å²) in [6.07, 6.45) is 3.63. The molecule has 6 nitrogen and oxygen atoms in total. The molecule has 1 aliphatic carbocycles. The van der Waals surface area contributed by atoms with Gasteiger partial charge in [-0.05, 0) is 81.1 Å². The van der Waals surface area contributed by atoms with Gasteiger partial charge in [-0.15, -0.1) is 0 Å². The zero-order chi connectivity index (χ0) is 26.8. The first-order valence-electron chi connectivity index (χ1n) is 15.2. The molecule has 0 saturated carbocycles. The summed E-state index contributed by atoms with van der Waals surface area (Å²) in [5.74, 6) is 0. The molecule has 0 radical (unpaired) electrons. The van der Waals surface area contributed by atoms with E-state index in [1.807, 2.05) is 12.1 Å². The largest absolute Gasteiger partial charge is 0.372 e. The van der Waals surface area contributed by atoms with Crippen molar-refractivity contribution in [2.45, 2.75) is 45.7 Å². The maximum Gasteiger partial charge on any atom is 0.0487 e. The number of nitrogens with one attached hydrogen (secondary N) is 1. The standard InChI is InChI=1S/C32H45ClN6/c1-3-36(4-2)27-9-11-31-29(23-27)30-24-28(10-12-32(30)39(31)22-17-35-15-13-34-14-16-35)38-20-18-37(19-21-38)26-7-5-25(33)6-8-26/h5-9,11,23,28,34H,3-4,10,12-22,24H2,1-2H3. The zero-order valence-corrected chi connectivity index (χ0v) is 24.6. The fraction of sp³-hybridized carbons (Fsp3) is 0.562. The molecule has 1 unspecified atom stereocenters. The summed E-state index contributed by atoms with van der Waals surface area (Å²) in [6.45, 7) is 17.9. The molecule has 6 rings (SSSR count). The summed E-state index contributed by atoms with van der Waals surface area (Å²) >= 11 is 6.13. The maximum absolute atomic E-state index is 6.13. The number of aromatic nitrogens is 1. The van der Waals surface area contributed by atoms with E-state index in [0.29, 0.717) is 6.04 Å². The summed E-state index contributed by atoms with van der Waals surface area (Å²) in [4.78, 5) is 10.4. The third kappa shape index (κ3) is 5.67. The summed E-state index contributed by atoms with van der Waals surface area (Å²) in [7, 11) is 0. The molecule has 1 N–H and O–H groups in total. The lowest BCUT2D eigenvalue weighted by Gasteiger charge is -2.41. The quantitative estimate of drug-likeness (QED) is 0.440. The number of benzene rings is 2. The minimum Gasteiger partial charge on any atom is -0.372 e. The maximum atomic E-state index is 6.13. The van der Waals surface area contributed by atoms with E-state index in [9.17, 15) is 0 Å². The third-order valence-electron chi connectivity index (χ3n) is 9.42. The first kappa shape index (κ1) is 26.9. The van der Waals surface area contributed by atoms with E-state index in [4.69, 9.17) is 11.6 Å². The number of rotatable bonds is 8. The van der Waals surface area contributed by atoms with Crippen LogP contribution in [0.1, 0.15) is 31.5 Å². The fourth-order valence-corrected chi connectivity index (χ4v) is 7.27. The Morgan fingerprint density at radius 2 is 1.64 bits per heavy atom. The van der Waals surface area contributed by atoms with Gasteiger partial charge in [-0.3, -0.25) is 9.80 Å². The predicted molar refractivity (Wildman–Crippen MR) is 166 cm³/mol. The third-order valence-corrected chi connectivity index (χ3v) is 9.68. The van der Waals surface area contributed by atoms with E-state index in [1.54, 1.807) is 11.3 Å². The molecule has 0 amide bonds. The van der Waals surface area contributed by atoms with Gasteiger partial charge in [-0.25, -0.2) is 0 Å². The summed E-state index contributed by atoms with van der Waals surface area (Å²) in [6, 6.07) is 16.3. The Balaban J connectivity index is 1.23. The SMILES string of the molecule is CCN(CC)c1ccc2c(c1)c1c(n2CCN2CCNCC2)CCC(N2CCN(c3ccc(Cl)cc3)CC2)C1. The summed E-state index contributed by atoms with van der Waals surface area (Å²) < 4.78 is 2.69. The van der Waals surface area contributed by atoms with E-state index in [2.05, 4.69) is 73.7 Å². The second kappa shape index (κ2) is 12.1. The highest BCUT2D eigenvalue weighted by atomic mass is 35.5. The molecule has 0 spiro atoms. The number of hydrogen-bond acceptors (Lipinski definition) is 5. The van der Waals surface area contributed by atoms with Crippen molar-refractivity contribution in [1.29, 1.82) is 0 Å². The zero-order valence-electron chi connectivity index (χ0n) is 23.8. The van der Waals surface area contributed by atoms with Crippen LogP contribution in [0.5, 0.6) is 0 Å². The molecule has 2 aromatic carbocycles. The van der Waals surface area contributed by atoms with Crippen LogP contribution >= 0.6 is 11.6 Å². The molecule has 3 heterocycles. The number of fused-ring (bicyclic) bond motifs is 3. The van der Waals surface area contributed by atoms with E-state index < -0.39 is 0 Å². The second-order valence-electron chi connectivity index (χ2n) is 11.4. The highest BCUT2D eigenvalue weighted by molar-refractivity contribution is 6.30. The lowest BCUT2D eigenvalue weighted by Crippen LogP contribution is -2.51. The number of anilines is 2. The molecular weight excluding hydrogens is 504 g/mol. The van der Waals surface area contributed by atoms with E-state index in [0.717, 1.165) is 83.6 Å². The number of piperazine rings is 2. The van der Waals surface area contributed by atoms with Gasteiger partial charge >= 0.3 is 0 Å². The molecule has 210 valence electrons. The molecule has 2 saturated heterocycles. The summed E-state index contributed by atoms with van der Waals surface area (Å²) in [5, 5.41) is 5.81. The van der Waals surface area contributed by atoms with Crippen LogP contribution in [0.3, 0.4) is 0 Å². The normalized spacial score (nSPS) is 20.9.